The topological polar surface area (TPSA) is 47.3 Å². The molecule has 0 saturated heterocycles. The highest BCUT2D eigenvalue weighted by atomic mass is 16.3. The number of rotatable bonds is 4. The van der Waals surface area contributed by atoms with Crippen molar-refractivity contribution >= 4 is 0 Å². The van der Waals surface area contributed by atoms with Crippen LogP contribution >= 0.6 is 0 Å². The molecule has 0 fully saturated rings. The maximum atomic E-state index is 9.77. The lowest BCUT2D eigenvalue weighted by molar-refractivity contribution is 0.133. The van der Waals surface area contributed by atoms with E-state index in [0.717, 1.165) is 5.56 Å². The maximum Gasteiger partial charge on any atom is 0.0917 e. The van der Waals surface area contributed by atoms with Crippen molar-refractivity contribution in [1.82, 2.24) is 4.90 Å². The summed E-state index contributed by atoms with van der Waals surface area (Å²) in [7, 11) is 1.81. The van der Waals surface area contributed by atoms with Crippen molar-refractivity contribution in [3.63, 3.8) is 0 Å². The van der Waals surface area contributed by atoms with E-state index < -0.39 is 6.10 Å². The Bertz CT molecular complexity index is 305. The molecule has 1 atom stereocenters. The molecule has 0 aliphatic heterocycles. The molecule has 3 heteroatoms. The first-order valence-corrected chi connectivity index (χ1v) is 4.52. The molecule has 0 aromatic heterocycles. The van der Waals surface area contributed by atoms with Gasteiger partial charge in [0.1, 0.15) is 0 Å². The first-order chi connectivity index (χ1) is 6.74. The van der Waals surface area contributed by atoms with Crippen molar-refractivity contribution in [1.29, 1.82) is 5.26 Å². The van der Waals surface area contributed by atoms with E-state index in [1.54, 1.807) is 4.90 Å². The Morgan fingerprint density at radius 3 is 2.64 bits per heavy atom. The lowest BCUT2D eigenvalue weighted by Crippen LogP contribution is -2.24. The summed E-state index contributed by atoms with van der Waals surface area (Å²) in [5, 5.41) is 18.2. The van der Waals surface area contributed by atoms with Crippen LogP contribution in [0.4, 0.5) is 0 Å². The normalized spacial score (nSPS) is 12.4. The van der Waals surface area contributed by atoms with Crippen LogP contribution in [-0.2, 0) is 0 Å². The monoisotopic (exact) mass is 190 g/mol. The Labute approximate surface area is 84.2 Å². The van der Waals surface area contributed by atoms with E-state index in [0.29, 0.717) is 13.1 Å². The molecule has 0 bridgehead atoms. The molecule has 1 N–H and O–H groups in total. The molecule has 0 amide bonds. The minimum absolute atomic E-state index is 0.337. The van der Waals surface area contributed by atoms with Crippen LogP contribution in [0, 0.1) is 11.3 Å². The first kappa shape index (κ1) is 10.7. The molecule has 3 nitrogen and oxygen atoms in total. The lowest BCUT2D eigenvalue weighted by atomic mass is 10.1. The van der Waals surface area contributed by atoms with Crippen LogP contribution in [-0.4, -0.2) is 30.1 Å². The van der Waals surface area contributed by atoms with Gasteiger partial charge in [-0.1, -0.05) is 30.3 Å². The SMILES string of the molecule is CN(CC#N)CC(O)c1ccccc1. The standard InChI is InChI=1S/C11H14N2O/c1-13(8-7-12)9-11(14)10-5-3-2-4-6-10/h2-6,11,14H,8-9H2,1H3. The van der Waals surface area contributed by atoms with Crippen molar-refractivity contribution in [2.75, 3.05) is 20.1 Å². The van der Waals surface area contributed by atoms with Crippen molar-refractivity contribution < 1.29 is 5.11 Å². The summed E-state index contributed by atoms with van der Waals surface area (Å²) >= 11 is 0. The van der Waals surface area contributed by atoms with Crippen molar-refractivity contribution in [2.24, 2.45) is 0 Å². The van der Waals surface area contributed by atoms with Gasteiger partial charge in [-0.3, -0.25) is 4.90 Å². The number of aliphatic hydroxyl groups is 1. The molecule has 0 aliphatic carbocycles. The molecule has 14 heavy (non-hydrogen) atoms. The average molecular weight is 190 g/mol. The van der Waals surface area contributed by atoms with Crippen LogP contribution in [0.5, 0.6) is 0 Å². The zero-order valence-corrected chi connectivity index (χ0v) is 8.22. The van der Waals surface area contributed by atoms with Crippen LogP contribution < -0.4 is 0 Å². The molecule has 1 rings (SSSR count). The molecule has 0 radical (unpaired) electrons. The summed E-state index contributed by atoms with van der Waals surface area (Å²) in [5.41, 5.74) is 0.886. The number of likely N-dealkylation sites (N-methyl/N-ethyl adjacent to an activating group) is 1. The number of nitrogens with zero attached hydrogens (tertiary/aromatic N) is 2. The van der Waals surface area contributed by atoms with Gasteiger partial charge in [0.15, 0.2) is 0 Å². The molecule has 0 heterocycles. The van der Waals surface area contributed by atoms with Gasteiger partial charge in [0, 0.05) is 6.54 Å². The number of hydrogen-bond donors (Lipinski definition) is 1. The Balaban J connectivity index is 2.51. The highest BCUT2D eigenvalue weighted by Gasteiger charge is 2.09. The largest absolute Gasteiger partial charge is 0.387 e. The number of nitriles is 1. The van der Waals surface area contributed by atoms with Gasteiger partial charge >= 0.3 is 0 Å². The predicted octanol–water partition coefficient (Wildman–Crippen LogP) is 1.18. The Morgan fingerprint density at radius 1 is 1.43 bits per heavy atom. The quantitative estimate of drug-likeness (QED) is 0.725. The van der Waals surface area contributed by atoms with Crippen LogP contribution in [0.3, 0.4) is 0 Å². The highest BCUT2D eigenvalue weighted by Crippen LogP contribution is 2.12. The third kappa shape index (κ3) is 3.17. The van der Waals surface area contributed by atoms with E-state index in [9.17, 15) is 5.11 Å². The highest BCUT2D eigenvalue weighted by molar-refractivity contribution is 5.17. The van der Waals surface area contributed by atoms with Crippen LogP contribution in [0.25, 0.3) is 0 Å². The molecule has 1 aromatic carbocycles. The second-order valence-corrected chi connectivity index (χ2v) is 3.28. The van der Waals surface area contributed by atoms with Gasteiger partial charge in [0.05, 0.1) is 18.7 Å². The van der Waals surface area contributed by atoms with Gasteiger partial charge in [-0.25, -0.2) is 0 Å². The minimum Gasteiger partial charge on any atom is -0.387 e. The third-order valence-corrected chi connectivity index (χ3v) is 2.01. The maximum absolute atomic E-state index is 9.77. The Morgan fingerprint density at radius 2 is 2.07 bits per heavy atom. The van der Waals surface area contributed by atoms with Gasteiger partial charge in [-0.05, 0) is 12.6 Å². The number of aliphatic hydroxyl groups excluding tert-OH is 1. The predicted molar refractivity (Wildman–Crippen MR) is 54.5 cm³/mol. The molecule has 1 unspecified atom stereocenters. The Hall–Kier alpha value is -1.37. The van der Waals surface area contributed by atoms with Crippen LogP contribution in [0.15, 0.2) is 30.3 Å². The van der Waals surface area contributed by atoms with Gasteiger partial charge in [0.2, 0.25) is 0 Å². The van der Waals surface area contributed by atoms with E-state index in [1.807, 2.05) is 43.4 Å². The zero-order valence-electron chi connectivity index (χ0n) is 8.22. The second kappa shape index (κ2) is 5.38. The van der Waals surface area contributed by atoms with Crippen LogP contribution in [0.1, 0.15) is 11.7 Å². The van der Waals surface area contributed by atoms with E-state index in [2.05, 4.69) is 0 Å². The van der Waals surface area contributed by atoms with E-state index in [-0.39, 0.29) is 0 Å². The molecule has 0 spiro atoms. The zero-order chi connectivity index (χ0) is 10.4. The van der Waals surface area contributed by atoms with Gasteiger partial charge < -0.3 is 5.11 Å². The third-order valence-electron chi connectivity index (χ3n) is 2.01. The second-order valence-electron chi connectivity index (χ2n) is 3.28. The number of hydrogen-bond acceptors (Lipinski definition) is 3. The van der Waals surface area contributed by atoms with Crippen LogP contribution in [0.2, 0.25) is 0 Å². The van der Waals surface area contributed by atoms with Gasteiger partial charge in [-0.2, -0.15) is 5.26 Å². The number of benzene rings is 1. The van der Waals surface area contributed by atoms with Crippen molar-refractivity contribution in [3.05, 3.63) is 35.9 Å². The smallest absolute Gasteiger partial charge is 0.0917 e. The Kier molecular flexibility index (Phi) is 4.11. The molecular formula is C11H14N2O. The average Bonchev–Trinajstić information content (AvgIpc) is 2.19. The van der Waals surface area contributed by atoms with Crippen molar-refractivity contribution in [3.8, 4) is 6.07 Å². The molecular weight excluding hydrogens is 176 g/mol. The summed E-state index contributed by atoms with van der Waals surface area (Å²) in [6, 6.07) is 11.5. The van der Waals surface area contributed by atoms with Crippen molar-refractivity contribution in [2.45, 2.75) is 6.10 Å². The molecule has 0 aliphatic rings. The van der Waals surface area contributed by atoms with E-state index in [4.69, 9.17) is 5.26 Å². The summed E-state index contributed by atoms with van der Waals surface area (Å²) in [6.45, 7) is 0.821. The summed E-state index contributed by atoms with van der Waals surface area (Å²) in [6.07, 6.45) is -0.519. The molecule has 1 aromatic rings. The summed E-state index contributed by atoms with van der Waals surface area (Å²) in [5.74, 6) is 0. The summed E-state index contributed by atoms with van der Waals surface area (Å²) < 4.78 is 0. The fraction of sp³-hybridized carbons (Fsp3) is 0.364. The van der Waals surface area contributed by atoms with Gasteiger partial charge in [0.25, 0.3) is 0 Å². The fourth-order valence-electron chi connectivity index (χ4n) is 1.26. The van der Waals surface area contributed by atoms with Gasteiger partial charge in [-0.15, -0.1) is 0 Å². The molecule has 0 saturated carbocycles. The van der Waals surface area contributed by atoms with E-state index >= 15 is 0 Å². The minimum atomic E-state index is -0.519. The fourth-order valence-corrected chi connectivity index (χ4v) is 1.26. The van der Waals surface area contributed by atoms with E-state index in [1.165, 1.54) is 0 Å². The lowest BCUT2D eigenvalue weighted by Gasteiger charge is -2.17. The first-order valence-electron chi connectivity index (χ1n) is 4.52. The summed E-state index contributed by atoms with van der Waals surface area (Å²) in [4.78, 5) is 1.79. The molecule has 74 valence electrons.